The van der Waals surface area contributed by atoms with Gasteiger partial charge in [0.15, 0.2) is 5.65 Å². The molecule has 0 unspecified atom stereocenters. The molecule has 1 aliphatic carbocycles. The van der Waals surface area contributed by atoms with E-state index >= 15 is 0 Å². The first kappa shape index (κ1) is 18.8. The number of nitrogens with one attached hydrogen (secondary N) is 3. The van der Waals surface area contributed by atoms with Gasteiger partial charge in [-0.05, 0) is 63.1 Å². The van der Waals surface area contributed by atoms with Gasteiger partial charge in [-0.15, -0.1) is 0 Å². The number of aromatic nitrogens is 3. The minimum absolute atomic E-state index is 0.0565. The molecule has 2 heterocycles. The fraction of sp³-hybridized carbons (Fsp3) is 0.350. The van der Waals surface area contributed by atoms with Crippen LogP contribution in [0.15, 0.2) is 36.7 Å². The Morgan fingerprint density at radius 3 is 2.57 bits per heavy atom. The maximum absolute atomic E-state index is 13.4. The van der Waals surface area contributed by atoms with E-state index in [0.29, 0.717) is 29.2 Å². The van der Waals surface area contributed by atoms with Gasteiger partial charge in [0.25, 0.3) is 0 Å². The number of halogens is 2. The first-order valence-electron chi connectivity index (χ1n) is 9.40. The molecule has 28 heavy (non-hydrogen) atoms. The summed E-state index contributed by atoms with van der Waals surface area (Å²) in [6.45, 7) is 0. The Balaban J connectivity index is 1.52. The molecule has 146 valence electrons. The van der Waals surface area contributed by atoms with Gasteiger partial charge in [-0.2, -0.15) is 0 Å². The third kappa shape index (κ3) is 4.15. The maximum atomic E-state index is 13.4. The summed E-state index contributed by atoms with van der Waals surface area (Å²) in [6, 6.07) is 9.38. The van der Waals surface area contributed by atoms with E-state index in [2.05, 4.69) is 30.9 Å². The molecule has 2 aromatic heterocycles. The van der Waals surface area contributed by atoms with Crippen molar-refractivity contribution in [3.63, 3.8) is 0 Å². The van der Waals surface area contributed by atoms with Crippen LogP contribution in [0.1, 0.15) is 25.7 Å². The maximum Gasteiger partial charge on any atom is 0.166 e. The highest BCUT2D eigenvalue weighted by molar-refractivity contribution is 6.31. The van der Waals surface area contributed by atoms with Crippen molar-refractivity contribution >= 4 is 40.0 Å². The van der Waals surface area contributed by atoms with Crippen LogP contribution in [0.2, 0.25) is 5.02 Å². The minimum atomic E-state index is -0.458. The molecule has 0 spiro atoms. The molecule has 8 heteroatoms. The molecule has 0 radical (unpaired) electrons. The van der Waals surface area contributed by atoms with E-state index in [1.165, 1.54) is 18.5 Å². The van der Waals surface area contributed by atoms with Crippen LogP contribution in [0.3, 0.4) is 0 Å². The Morgan fingerprint density at radius 1 is 1.04 bits per heavy atom. The Morgan fingerprint density at radius 2 is 1.82 bits per heavy atom. The van der Waals surface area contributed by atoms with E-state index < -0.39 is 5.82 Å². The van der Waals surface area contributed by atoms with E-state index in [4.69, 9.17) is 11.6 Å². The number of pyridine rings is 1. The number of rotatable bonds is 5. The average molecular weight is 401 g/mol. The van der Waals surface area contributed by atoms with Gasteiger partial charge >= 0.3 is 0 Å². The summed E-state index contributed by atoms with van der Waals surface area (Å²) in [4.78, 5) is 13.2. The highest BCUT2D eigenvalue weighted by Gasteiger charge is 2.20. The van der Waals surface area contributed by atoms with Gasteiger partial charge in [0.1, 0.15) is 23.8 Å². The van der Waals surface area contributed by atoms with Crippen LogP contribution in [-0.2, 0) is 0 Å². The highest BCUT2D eigenvalue weighted by Crippen LogP contribution is 2.27. The van der Waals surface area contributed by atoms with Gasteiger partial charge in [-0.25, -0.2) is 19.3 Å². The van der Waals surface area contributed by atoms with Crippen molar-refractivity contribution in [1.29, 1.82) is 0 Å². The second kappa shape index (κ2) is 8.24. The predicted octanol–water partition coefficient (Wildman–Crippen LogP) is 4.50. The van der Waals surface area contributed by atoms with E-state index in [-0.39, 0.29) is 5.02 Å². The third-order valence-electron chi connectivity index (χ3n) is 5.17. The zero-order valence-electron chi connectivity index (χ0n) is 15.5. The number of hydrogen-bond acceptors (Lipinski definition) is 6. The average Bonchev–Trinajstić information content (AvgIpc) is 2.71. The summed E-state index contributed by atoms with van der Waals surface area (Å²) in [5.74, 6) is 0.956. The van der Waals surface area contributed by atoms with Crippen molar-refractivity contribution in [1.82, 2.24) is 20.3 Å². The topological polar surface area (TPSA) is 74.8 Å². The number of anilines is 3. The summed E-state index contributed by atoms with van der Waals surface area (Å²) in [6.07, 6.45) is 6.03. The largest absolute Gasteiger partial charge is 0.367 e. The first-order chi connectivity index (χ1) is 13.6. The second-order valence-electron chi connectivity index (χ2n) is 7.03. The molecule has 3 N–H and O–H groups in total. The number of hydrogen-bond donors (Lipinski definition) is 3. The minimum Gasteiger partial charge on any atom is -0.367 e. The van der Waals surface area contributed by atoms with E-state index in [1.54, 1.807) is 6.07 Å². The lowest BCUT2D eigenvalue weighted by molar-refractivity contribution is 0.371. The number of benzene rings is 1. The molecule has 0 saturated heterocycles. The fourth-order valence-electron chi connectivity index (χ4n) is 3.57. The molecule has 0 aliphatic heterocycles. The highest BCUT2D eigenvalue weighted by atomic mass is 35.5. The lowest BCUT2D eigenvalue weighted by Crippen LogP contribution is -2.35. The molecule has 6 nitrogen and oxygen atoms in total. The van der Waals surface area contributed by atoms with Crippen molar-refractivity contribution in [3.05, 3.63) is 47.5 Å². The monoisotopic (exact) mass is 400 g/mol. The second-order valence-corrected chi connectivity index (χ2v) is 7.43. The fourth-order valence-corrected chi connectivity index (χ4v) is 3.75. The molecule has 1 aromatic carbocycles. The molecule has 3 aromatic rings. The van der Waals surface area contributed by atoms with Crippen LogP contribution in [0, 0.1) is 5.82 Å². The molecule has 0 bridgehead atoms. The third-order valence-corrected chi connectivity index (χ3v) is 5.46. The molecule has 0 amide bonds. The number of nitrogens with zero attached hydrogens (tertiary/aromatic N) is 3. The van der Waals surface area contributed by atoms with E-state index in [1.807, 2.05) is 19.2 Å². The van der Waals surface area contributed by atoms with Crippen LogP contribution in [0.25, 0.3) is 11.0 Å². The lowest BCUT2D eigenvalue weighted by atomic mass is 9.91. The summed E-state index contributed by atoms with van der Waals surface area (Å²) in [5.41, 5.74) is 1.24. The van der Waals surface area contributed by atoms with Crippen LogP contribution >= 0.6 is 11.6 Å². The van der Waals surface area contributed by atoms with Gasteiger partial charge in [0.05, 0.1) is 10.4 Å². The zero-order chi connectivity index (χ0) is 19.5. The van der Waals surface area contributed by atoms with Crippen molar-refractivity contribution in [2.75, 3.05) is 17.7 Å². The summed E-state index contributed by atoms with van der Waals surface area (Å²) in [7, 11) is 2.02. The standard InChI is InChI=1S/C20H22ClFN6/c1-23-12-2-4-13(5-3-12)26-18-9-7-15-19(24-11-25-20(15)28-18)27-14-6-8-17(22)16(21)10-14/h6-13,23H,2-5H2,1H3,(H2,24,25,26,27,28). The van der Waals surface area contributed by atoms with Gasteiger partial charge in [-0.3, -0.25) is 0 Å². The zero-order valence-corrected chi connectivity index (χ0v) is 16.3. The Kier molecular flexibility index (Phi) is 5.54. The van der Waals surface area contributed by atoms with E-state index in [9.17, 15) is 4.39 Å². The summed E-state index contributed by atoms with van der Waals surface area (Å²) < 4.78 is 13.4. The van der Waals surface area contributed by atoms with Crippen molar-refractivity contribution in [3.8, 4) is 0 Å². The van der Waals surface area contributed by atoms with Crippen molar-refractivity contribution in [2.24, 2.45) is 0 Å². The van der Waals surface area contributed by atoms with Gasteiger partial charge in [0.2, 0.25) is 0 Å². The predicted molar refractivity (Wildman–Crippen MR) is 111 cm³/mol. The SMILES string of the molecule is CNC1CCC(Nc2ccc3c(Nc4ccc(F)c(Cl)c4)ncnc3n2)CC1. The molecule has 4 rings (SSSR count). The van der Waals surface area contributed by atoms with E-state index in [0.717, 1.165) is 36.9 Å². The van der Waals surface area contributed by atoms with Crippen LogP contribution in [0.4, 0.5) is 21.7 Å². The Bertz CT molecular complexity index is 974. The molecular weight excluding hydrogens is 379 g/mol. The Hall–Kier alpha value is -2.51. The quantitative estimate of drug-likeness (QED) is 0.585. The molecule has 0 atom stereocenters. The normalized spacial score (nSPS) is 19.5. The van der Waals surface area contributed by atoms with Crippen LogP contribution in [0.5, 0.6) is 0 Å². The molecular formula is C20H22ClFN6. The molecule has 1 aliphatic rings. The summed E-state index contributed by atoms with van der Waals surface area (Å²) in [5, 5.41) is 10.9. The molecule has 1 saturated carbocycles. The smallest absolute Gasteiger partial charge is 0.166 e. The van der Waals surface area contributed by atoms with Crippen LogP contribution in [-0.4, -0.2) is 34.1 Å². The van der Waals surface area contributed by atoms with Crippen LogP contribution < -0.4 is 16.0 Å². The Labute approximate surface area is 167 Å². The van der Waals surface area contributed by atoms with Gasteiger partial charge in [0, 0.05) is 17.8 Å². The van der Waals surface area contributed by atoms with Gasteiger partial charge < -0.3 is 16.0 Å². The van der Waals surface area contributed by atoms with Crippen molar-refractivity contribution < 1.29 is 4.39 Å². The van der Waals surface area contributed by atoms with Gasteiger partial charge in [-0.1, -0.05) is 11.6 Å². The van der Waals surface area contributed by atoms with Crippen molar-refractivity contribution in [2.45, 2.75) is 37.8 Å². The molecule has 1 fully saturated rings. The summed E-state index contributed by atoms with van der Waals surface area (Å²) >= 11 is 5.86. The lowest BCUT2D eigenvalue weighted by Gasteiger charge is -2.29. The number of fused-ring (bicyclic) bond motifs is 1. The first-order valence-corrected chi connectivity index (χ1v) is 9.78.